The molecule has 2 aliphatic rings. The van der Waals surface area contributed by atoms with Crippen LogP contribution in [0.5, 0.6) is 0 Å². The summed E-state index contributed by atoms with van der Waals surface area (Å²) in [7, 11) is 1.41. The zero-order valence-electron chi connectivity index (χ0n) is 14.3. The van der Waals surface area contributed by atoms with Crippen molar-refractivity contribution in [3.8, 4) is 0 Å². The molecule has 0 bridgehead atoms. The van der Waals surface area contributed by atoms with Crippen LogP contribution in [0, 0.1) is 0 Å². The highest BCUT2D eigenvalue weighted by Gasteiger charge is 2.33. The van der Waals surface area contributed by atoms with Gasteiger partial charge < -0.3 is 10.1 Å². The van der Waals surface area contributed by atoms with E-state index >= 15 is 0 Å². The fourth-order valence-corrected chi connectivity index (χ4v) is 3.82. The molecule has 0 saturated heterocycles. The van der Waals surface area contributed by atoms with Gasteiger partial charge in [0.05, 0.1) is 13.7 Å². The molecule has 3 rings (SSSR count). The number of rotatable bonds is 4. The van der Waals surface area contributed by atoms with Crippen molar-refractivity contribution < 1.29 is 14.3 Å². The van der Waals surface area contributed by atoms with Gasteiger partial charge in [-0.15, -0.1) is 0 Å². The van der Waals surface area contributed by atoms with Crippen LogP contribution in [-0.2, 0) is 27.3 Å². The number of nitrogens with zero attached hydrogens (tertiary/aromatic N) is 1. The van der Waals surface area contributed by atoms with Crippen molar-refractivity contribution in [1.82, 2.24) is 10.2 Å². The zero-order chi connectivity index (χ0) is 16.9. The minimum Gasteiger partial charge on any atom is -0.468 e. The van der Waals surface area contributed by atoms with Gasteiger partial charge in [-0.3, -0.25) is 14.5 Å². The SMILES string of the molecule is COC(=O)[C@H]1Cc2ccccc2CN1CC(=O)NC1CCCCC1. The molecule has 1 amide bonds. The molecule has 0 unspecified atom stereocenters. The van der Waals surface area contributed by atoms with Crippen LogP contribution in [0.1, 0.15) is 43.2 Å². The van der Waals surface area contributed by atoms with Gasteiger partial charge in [0.25, 0.3) is 0 Å². The number of hydrogen-bond acceptors (Lipinski definition) is 4. The van der Waals surface area contributed by atoms with Crippen molar-refractivity contribution in [1.29, 1.82) is 0 Å². The number of methoxy groups -OCH3 is 1. The molecule has 0 aromatic heterocycles. The van der Waals surface area contributed by atoms with Gasteiger partial charge in [-0.05, 0) is 30.4 Å². The van der Waals surface area contributed by atoms with Crippen molar-refractivity contribution in [2.75, 3.05) is 13.7 Å². The third-order valence-electron chi connectivity index (χ3n) is 5.14. The summed E-state index contributed by atoms with van der Waals surface area (Å²) in [6, 6.07) is 8.00. The molecule has 0 spiro atoms. The number of benzene rings is 1. The van der Waals surface area contributed by atoms with Crippen LogP contribution in [-0.4, -0.2) is 42.5 Å². The van der Waals surface area contributed by atoms with E-state index in [1.807, 2.05) is 23.1 Å². The predicted molar refractivity (Wildman–Crippen MR) is 91.4 cm³/mol. The van der Waals surface area contributed by atoms with Gasteiger partial charge in [-0.25, -0.2) is 0 Å². The highest BCUT2D eigenvalue weighted by molar-refractivity contribution is 5.81. The average Bonchev–Trinajstić information content (AvgIpc) is 2.61. The second-order valence-electron chi connectivity index (χ2n) is 6.82. The largest absolute Gasteiger partial charge is 0.468 e. The van der Waals surface area contributed by atoms with E-state index in [-0.39, 0.29) is 24.5 Å². The lowest BCUT2D eigenvalue weighted by Crippen LogP contribution is -2.51. The number of nitrogens with one attached hydrogen (secondary N) is 1. The summed E-state index contributed by atoms with van der Waals surface area (Å²) in [6.45, 7) is 0.846. The van der Waals surface area contributed by atoms with E-state index in [4.69, 9.17) is 4.74 Å². The van der Waals surface area contributed by atoms with Gasteiger partial charge in [-0.1, -0.05) is 43.5 Å². The molecule has 1 aromatic rings. The van der Waals surface area contributed by atoms with Gasteiger partial charge in [-0.2, -0.15) is 0 Å². The number of ether oxygens (including phenoxy) is 1. The molecule has 5 heteroatoms. The van der Waals surface area contributed by atoms with E-state index in [0.29, 0.717) is 19.0 Å². The van der Waals surface area contributed by atoms with Crippen LogP contribution in [0.3, 0.4) is 0 Å². The van der Waals surface area contributed by atoms with Gasteiger partial charge in [0.2, 0.25) is 5.91 Å². The van der Waals surface area contributed by atoms with Crippen molar-refractivity contribution >= 4 is 11.9 Å². The Morgan fingerprint density at radius 1 is 1.17 bits per heavy atom. The third-order valence-corrected chi connectivity index (χ3v) is 5.14. The first-order valence-corrected chi connectivity index (χ1v) is 8.85. The lowest BCUT2D eigenvalue weighted by atomic mass is 9.93. The van der Waals surface area contributed by atoms with Crippen molar-refractivity contribution in [3.05, 3.63) is 35.4 Å². The number of amides is 1. The Kier molecular flexibility index (Phi) is 5.51. The number of hydrogen-bond donors (Lipinski definition) is 1. The molecule has 130 valence electrons. The Hall–Kier alpha value is -1.88. The van der Waals surface area contributed by atoms with Gasteiger partial charge >= 0.3 is 5.97 Å². The second kappa shape index (κ2) is 7.79. The van der Waals surface area contributed by atoms with E-state index in [0.717, 1.165) is 18.4 Å². The summed E-state index contributed by atoms with van der Waals surface area (Å²) < 4.78 is 4.95. The minimum absolute atomic E-state index is 0.00943. The van der Waals surface area contributed by atoms with Crippen LogP contribution < -0.4 is 5.32 Å². The van der Waals surface area contributed by atoms with Gasteiger partial charge in [0, 0.05) is 12.6 Å². The van der Waals surface area contributed by atoms with E-state index in [1.54, 1.807) is 0 Å². The molecule has 1 N–H and O–H groups in total. The maximum atomic E-state index is 12.4. The molecule has 1 heterocycles. The molecule has 1 saturated carbocycles. The highest BCUT2D eigenvalue weighted by Crippen LogP contribution is 2.24. The molecule has 1 aliphatic heterocycles. The first-order valence-electron chi connectivity index (χ1n) is 8.85. The Labute approximate surface area is 143 Å². The Morgan fingerprint density at radius 2 is 1.88 bits per heavy atom. The topological polar surface area (TPSA) is 58.6 Å². The molecule has 1 fully saturated rings. The first-order chi connectivity index (χ1) is 11.7. The summed E-state index contributed by atoms with van der Waals surface area (Å²) in [6.07, 6.45) is 6.36. The molecule has 5 nitrogen and oxygen atoms in total. The fraction of sp³-hybridized carbons (Fsp3) is 0.579. The Balaban J connectivity index is 1.67. The molecular weight excluding hydrogens is 304 g/mol. The number of carbonyl (C=O) groups excluding carboxylic acids is 2. The first kappa shape index (κ1) is 17.0. The fourth-order valence-electron chi connectivity index (χ4n) is 3.82. The Bertz CT molecular complexity index is 596. The molecule has 1 atom stereocenters. The number of esters is 1. The third kappa shape index (κ3) is 3.96. The van der Waals surface area contributed by atoms with Gasteiger partial charge in [0.15, 0.2) is 0 Å². The van der Waals surface area contributed by atoms with Crippen LogP contribution in [0.15, 0.2) is 24.3 Å². The van der Waals surface area contributed by atoms with E-state index in [9.17, 15) is 9.59 Å². The highest BCUT2D eigenvalue weighted by atomic mass is 16.5. The van der Waals surface area contributed by atoms with Crippen LogP contribution in [0.2, 0.25) is 0 Å². The summed E-state index contributed by atoms with van der Waals surface area (Å²) in [5.41, 5.74) is 2.35. The molecule has 1 aromatic carbocycles. The minimum atomic E-state index is -0.387. The maximum Gasteiger partial charge on any atom is 0.323 e. The standard InChI is InChI=1S/C19H26N2O3/c1-24-19(23)17-11-14-7-5-6-8-15(14)12-21(17)13-18(22)20-16-9-3-2-4-10-16/h5-8,16-17H,2-4,9-13H2,1H3,(H,20,22)/t17-/m1/s1. The van der Waals surface area contributed by atoms with Crippen molar-refractivity contribution in [2.24, 2.45) is 0 Å². The maximum absolute atomic E-state index is 12.4. The van der Waals surface area contributed by atoms with E-state index < -0.39 is 0 Å². The smallest absolute Gasteiger partial charge is 0.323 e. The number of carbonyl (C=O) groups is 2. The lowest BCUT2D eigenvalue weighted by Gasteiger charge is -2.35. The quantitative estimate of drug-likeness (QED) is 0.858. The second-order valence-corrected chi connectivity index (χ2v) is 6.82. The van der Waals surface area contributed by atoms with Crippen LogP contribution >= 0.6 is 0 Å². The zero-order valence-corrected chi connectivity index (χ0v) is 14.3. The van der Waals surface area contributed by atoms with Crippen molar-refractivity contribution in [2.45, 2.75) is 57.2 Å². The molecule has 1 aliphatic carbocycles. The van der Waals surface area contributed by atoms with Crippen molar-refractivity contribution in [3.63, 3.8) is 0 Å². The molecular formula is C19H26N2O3. The monoisotopic (exact) mass is 330 g/mol. The summed E-state index contributed by atoms with van der Waals surface area (Å²) in [5, 5.41) is 3.13. The molecule has 24 heavy (non-hydrogen) atoms. The van der Waals surface area contributed by atoms with E-state index in [2.05, 4.69) is 11.4 Å². The van der Waals surface area contributed by atoms with Crippen LogP contribution in [0.4, 0.5) is 0 Å². The summed E-state index contributed by atoms with van der Waals surface area (Å²) in [4.78, 5) is 26.5. The number of fused-ring (bicyclic) bond motifs is 1. The van der Waals surface area contributed by atoms with E-state index in [1.165, 1.54) is 31.9 Å². The average molecular weight is 330 g/mol. The molecule has 0 radical (unpaired) electrons. The summed E-state index contributed by atoms with van der Waals surface area (Å²) >= 11 is 0. The normalized spacial score (nSPS) is 21.8. The van der Waals surface area contributed by atoms with Crippen LogP contribution in [0.25, 0.3) is 0 Å². The van der Waals surface area contributed by atoms with Gasteiger partial charge in [0.1, 0.15) is 6.04 Å². The lowest BCUT2D eigenvalue weighted by molar-refractivity contribution is -0.148. The summed E-state index contributed by atoms with van der Waals surface area (Å²) in [5.74, 6) is -0.259. The Morgan fingerprint density at radius 3 is 2.58 bits per heavy atom. The predicted octanol–water partition coefficient (Wildman–Crippen LogP) is 2.04.